The quantitative estimate of drug-likeness (QED) is 0.892. The summed E-state index contributed by atoms with van der Waals surface area (Å²) in [5.74, 6) is 1.96. The number of fused-ring (bicyclic) bond motifs is 1. The van der Waals surface area contributed by atoms with Crippen LogP contribution in [0.2, 0.25) is 0 Å². The van der Waals surface area contributed by atoms with Gasteiger partial charge in [-0.25, -0.2) is 4.98 Å². The van der Waals surface area contributed by atoms with Crippen molar-refractivity contribution in [3.63, 3.8) is 0 Å². The standard InChI is InChI=1S/C16H21N3/c1-10-3-6-14-13(9-10)18-16(19(14)12-4-5-12)15-11(2)7-8-17-15/h3,6,9,11-12,15,17H,4-5,7-8H2,1-2H3. The third kappa shape index (κ3) is 1.79. The van der Waals surface area contributed by atoms with E-state index in [0.29, 0.717) is 18.0 Å². The van der Waals surface area contributed by atoms with Crippen LogP contribution in [-0.2, 0) is 0 Å². The predicted octanol–water partition coefficient (Wildman–Crippen LogP) is 3.35. The number of rotatable bonds is 2. The lowest BCUT2D eigenvalue weighted by atomic mass is 10.0. The third-order valence-electron chi connectivity index (χ3n) is 4.60. The molecule has 2 fully saturated rings. The van der Waals surface area contributed by atoms with E-state index in [1.54, 1.807) is 0 Å². The summed E-state index contributed by atoms with van der Waals surface area (Å²) >= 11 is 0. The van der Waals surface area contributed by atoms with Crippen LogP contribution < -0.4 is 5.32 Å². The number of imidazole rings is 1. The molecule has 1 aromatic carbocycles. The van der Waals surface area contributed by atoms with Gasteiger partial charge in [0.1, 0.15) is 5.82 Å². The summed E-state index contributed by atoms with van der Waals surface area (Å²) in [7, 11) is 0. The van der Waals surface area contributed by atoms with Gasteiger partial charge >= 0.3 is 0 Å². The van der Waals surface area contributed by atoms with Crippen molar-refractivity contribution in [1.82, 2.24) is 14.9 Å². The normalized spacial score (nSPS) is 27.3. The maximum atomic E-state index is 4.97. The summed E-state index contributed by atoms with van der Waals surface area (Å²) in [5, 5.41) is 3.64. The Hall–Kier alpha value is -1.35. The number of nitrogens with one attached hydrogen (secondary N) is 1. The van der Waals surface area contributed by atoms with Gasteiger partial charge in [0, 0.05) is 6.04 Å². The van der Waals surface area contributed by atoms with E-state index < -0.39 is 0 Å². The number of aryl methyl sites for hydroxylation is 1. The van der Waals surface area contributed by atoms with Gasteiger partial charge in [-0.15, -0.1) is 0 Å². The highest BCUT2D eigenvalue weighted by Crippen LogP contribution is 2.42. The van der Waals surface area contributed by atoms with Crippen molar-refractivity contribution in [2.75, 3.05) is 6.54 Å². The van der Waals surface area contributed by atoms with Crippen LogP contribution in [0.15, 0.2) is 18.2 Å². The minimum atomic E-state index is 0.438. The molecule has 19 heavy (non-hydrogen) atoms. The lowest BCUT2D eigenvalue weighted by molar-refractivity contribution is 0.460. The van der Waals surface area contributed by atoms with Crippen LogP contribution in [0, 0.1) is 12.8 Å². The van der Waals surface area contributed by atoms with Gasteiger partial charge in [0.2, 0.25) is 0 Å². The van der Waals surface area contributed by atoms with Crippen LogP contribution >= 0.6 is 0 Å². The molecule has 1 N–H and O–H groups in total. The largest absolute Gasteiger partial charge is 0.324 e. The van der Waals surface area contributed by atoms with Crippen molar-refractivity contribution >= 4 is 11.0 Å². The Morgan fingerprint density at radius 2 is 2.11 bits per heavy atom. The molecule has 2 unspecified atom stereocenters. The van der Waals surface area contributed by atoms with Crippen molar-refractivity contribution in [1.29, 1.82) is 0 Å². The number of hydrogen-bond acceptors (Lipinski definition) is 2. The Morgan fingerprint density at radius 3 is 2.79 bits per heavy atom. The highest BCUT2D eigenvalue weighted by atomic mass is 15.2. The van der Waals surface area contributed by atoms with Crippen LogP contribution in [-0.4, -0.2) is 16.1 Å². The molecule has 0 spiro atoms. The molecule has 2 aromatic rings. The van der Waals surface area contributed by atoms with E-state index in [-0.39, 0.29) is 0 Å². The van der Waals surface area contributed by atoms with Crippen LogP contribution in [0.25, 0.3) is 11.0 Å². The third-order valence-corrected chi connectivity index (χ3v) is 4.60. The topological polar surface area (TPSA) is 29.9 Å². The van der Waals surface area contributed by atoms with Gasteiger partial charge in [-0.3, -0.25) is 0 Å². The smallest absolute Gasteiger partial charge is 0.127 e. The number of nitrogens with zero attached hydrogens (tertiary/aromatic N) is 2. The second kappa shape index (κ2) is 4.07. The molecule has 2 atom stereocenters. The maximum Gasteiger partial charge on any atom is 0.127 e. The number of benzene rings is 1. The summed E-state index contributed by atoms with van der Waals surface area (Å²) in [6, 6.07) is 7.81. The zero-order valence-corrected chi connectivity index (χ0v) is 11.7. The van der Waals surface area contributed by atoms with Crippen LogP contribution in [0.4, 0.5) is 0 Å². The second-order valence-corrected chi connectivity index (χ2v) is 6.26. The fraction of sp³-hybridized carbons (Fsp3) is 0.562. The minimum absolute atomic E-state index is 0.438. The van der Waals surface area contributed by atoms with Crippen molar-refractivity contribution in [2.24, 2.45) is 5.92 Å². The number of aromatic nitrogens is 2. The first kappa shape index (κ1) is 11.5. The van der Waals surface area contributed by atoms with E-state index in [0.717, 1.165) is 6.54 Å². The Labute approximate surface area is 114 Å². The molecular weight excluding hydrogens is 234 g/mol. The van der Waals surface area contributed by atoms with E-state index in [2.05, 4.69) is 41.9 Å². The minimum Gasteiger partial charge on any atom is -0.324 e. The van der Waals surface area contributed by atoms with Crippen molar-refractivity contribution < 1.29 is 0 Å². The zero-order valence-electron chi connectivity index (χ0n) is 11.7. The van der Waals surface area contributed by atoms with Crippen LogP contribution in [0.1, 0.15) is 49.7 Å². The molecule has 2 aliphatic rings. The first-order valence-corrected chi connectivity index (χ1v) is 7.46. The molecule has 0 bridgehead atoms. The van der Waals surface area contributed by atoms with Crippen molar-refractivity contribution in [3.8, 4) is 0 Å². The van der Waals surface area contributed by atoms with E-state index in [9.17, 15) is 0 Å². The molecule has 1 aliphatic carbocycles. The van der Waals surface area contributed by atoms with Crippen LogP contribution in [0.5, 0.6) is 0 Å². The van der Waals surface area contributed by atoms with Gasteiger partial charge in [0.05, 0.1) is 17.1 Å². The molecule has 0 radical (unpaired) electrons. The first-order chi connectivity index (χ1) is 9.24. The average Bonchev–Trinajstić information content (AvgIpc) is 3.03. The van der Waals surface area contributed by atoms with E-state index in [4.69, 9.17) is 4.98 Å². The van der Waals surface area contributed by atoms with E-state index in [1.165, 1.54) is 41.7 Å². The Bertz CT molecular complexity index is 624. The monoisotopic (exact) mass is 255 g/mol. The summed E-state index contributed by atoms with van der Waals surface area (Å²) in [6.07, 6.45) is 3.89. The average molecular weight is 255 g/mol. The predicted molar refractivity (Wildman–Crippen MR) is 77.3 cm³/mol. The SMILES string of the molecule is Cc1ccc2c(c1)nc(C1NCCC1C)n2C1CC1. The zero-order chi connectivity index (χ0) is 13.0. The lowest BCUT2D eigenvalue weighted by Gasteiger charge is -2.17. The summed E-state index contributed by atoms with van der Waals surface area (Å²) in [6.45, 7) is 5.61. The van der Waals surface area contributed by atoms with Gasteiger partial charge in [-0.2, -0.15) is 0 Å². The Balaban J connectivity index is 1.91. The molecule has 3 nitrogen and oxygen atoms in total. The fourth-order valence-corrected chi connectivity index (χ4v) is 3.34. The molecule has 3 heteroatoms. The highest BCUT2D eigenvalue weighted by Gasteiger charge is 2.34. The fourth-order valence-electron chi connectivity index (χ4n) is 3.34. The number of hydrogen-bond donors (Lipinski definition) is 1. The molecule has 1 saturated heterocycles. The van der Waals surface area contributed by atoms with E-state index in [1.807, 2.05) is 0 Å². The molecule has 1 aromatic heterocycles. The Kier molecular flexibility index (Phi) is 2.46. The molecule has 4 rings (SSSR count). The summed E-state index contributed by atoms with van der Waals surface area (Å²) in [5.41, 5.74) is 3.79. The van der Waals surface area contributed by atoms with Crippen molar-refractivity contribution in [3.05, 3.63) is 29.6 Å². The molecule has 100 valence electrons. The van der Waals surface area contributed by atoms with Gasteiger partial charge < -0.3 is 9.88 Å². The van der Waals surface area contributed by atoms with Gasteiger partial charge in [0.15, 0.2) is 0 Å². The van der Waals surface area contributed by atoms with Gasteiger partial charge in [-0.05, 0) is 56.3 Å². The van der Waals surface area contributed by atoms with Crippen molar-refractivity contribution in [2.45, 2.75) is 45.2 Å². The molecule has 2 heterocycles. The summed E-state index contributed by atoms with van der Waals surface area (Å²) in [4.78, 5) is 4.97. The maximum absolute atomic E-state index is 4.97. The molecule has 0 amide bonds. The Morgan fingerprint density at radius 1 is 1.26 bits per heavy atom. The molecular formula is C16H21N3. The summed E-state index contributed by atoms with van der Waals surface area (Å²) < 4.78 is 2.51. The molecule has 1 aliphatic heterocycles. The highest BCUT2D eigenvalue weighted by molar-refractivity contribution is 5.77. The second-order valence-electron chi connectivity index (χ2n) is 6.26. The van der Waals surface area contributed by atoms with Gasteiger partial charge in [-0.1, -0.05) is 13.0 Å². The lowest BCUT2D eigenvalue weighted by Crippen LogP contribution is -2.21. The van der Waals surface area contributed by atoms with E-state index >= 15 is 0 Å². The van der Waals surface area contributed by atoms with Gasteiger partial charge in [0.25, 0.3) is 0 Å². The molecule has 1 saturated carbocycles. The first-order valence-electron chi connectivity index (χ1n) is 7.46. The van der Waals surface area contributed by atoms with Crippen LogP contribution in [0.3, 0.4) is 0 Å².